The molecule has 2 rings (SSSR count). The number of hydrogen-bond acceptors (Lipinski definition) is 5. The van der Waals surface area contributed by atoms with Crippen LogP contribution in [-0.4, -0.2) is 38.2 Å². The summed E-state index contributed by atoms with van der Waals surface area (Å²) >= 11 is 0. The Labute approximate surface area is 165 Å². The minimum Gasteiger partial charge on any atom is -0.494 e. The molecule has 0 spiro atoms. The van der Waals surface area contributed by atoms with Gasteiger partial charge < -0.3 is 19.5 Å². The zero-order valence-corrected chi connectivity index (χ0v) is 15.6. The SMILES string of the molecule is CCOc1ccc(OCCOC(=O)CNC(=O)c2ccc(C(F)(F)F)cc2)cc1. The number of carbonyl (C=O) groups excluding carboxylic acids is 2. The van der Waals surface area contributed by atoms with Crippen molar-refractivity contribution in [2.75, 3.05) is 26.4 Å². The number of benzene rings is 2. The van der Waals surface area contributed by atoms with E-state index in [1.165, 1.54) is 0 Å². The first-order valence-corrected chi connectivity index (χ1v) is 8.76. The van der Waals surface area contributed by atoms with Crippen LogP contribution in [0, 0.1) is 0 Å². The standard InChI is InChI=1S/C20H20F3NO5/c1-2-27-16-7-9-17(10-8-16)28-11-12-29-18(25)13-24-19(26)14-3-5-15(6-4-14)20(21,22)23/h3-10H,2,11-13H2,1H3,(H,24,26). The summed E-state index contributed by atoms with van der Waals surface area (Å²) in [5.41, 5.74) is -0.856. The van der Waals surface area contributed by atoms with Crippen molar-refractivity contribution >= 4 is 11.9 Å². The van der Waals surface area contributed by atoms with Gasteiger partial charge in [0.2, 0.25) is 0 Å². The maximum absolute atomic E-state index is 12.5. The minimum absolute atomic E-state index is 0.00429. The van der Waals surface area contributed by atoms with Crippen LogP contribution in [0.25, 0.3) is 0 Å². The molecule has 0 unspecified atom stereocenters. The molecule has 0 heterocycles. The van der Waals surface area contributed by atoms with Crippen molar-refractivity contribution in [3.05, 3.63) is 59.7 Å². The van der Waals surface area contributed by atoms with Gasteiger partial charge in [0.1, 0.15) is 31.3 Å². The summed E-state index contributed by atoms with van der Waals surface area (Å²) in [7, 11) is 0. The van der Waals surface area contributed by atoms with Crippen LogP contribution in [0.15, 0.2) is 48.5 Å². The van der Waals surface area contributed by atoms with Crippen molar-refractivity contribution in [3.63, 3.8) is 0 Å². The van der Waals surface area contributed by atoms with Crippen LogP contribution >= 0.6 is 0 Å². The van der Waals surface area contributed by atoms with Gasteiger partial charge in [-0.1, -0.05) is 0 Å². The third kappa shape index (κ3) is 7.36. The van der Waals surface area contributed by atoms with Gasteiger partial charge in [-0.05, 0) is 55.5 Å². The van der Waals surface area contributed by atoms with Crippen molar-refractivity contribution in [2.45, 2.75) is 13.1 Å². The number of alkyl halides is 3. The molecule has 9 heteroatoms. The van der Waals surface area contributed by atoms with Crippen molar-refractivity contribution in [1.29, 1.82) is 0 Å². The number of carbonyl (C=O) groups is 2. The van der Waals surface area contributed by atoms with Crippen LogP contribution in [0.2, 0.25) is 0 Å². The Morgan fingerprint density at radius 3 is 2.03 bits per heavy atom. The third-order valence-corrected chi connectivity index (χ3v) is 3.62. The summed E-state index contributed by atoms with van der Waals surface area (Å²) in [4.78, 5) is 23.5. The number of rotatable bonds is 9. The second-order valence-electron chi connectivity index (χ2n) is 5.73. The lowest BCUT2D eigenvalue weighted by atomic mass is 10.1. The molecule has 0 saturated carbocycles. The maximum atomic E-state index is 12.5. The Hall–Kier alpha value is -3.23. The largest absolute Gasteiger partial charge is 0.494 e. The average Bonchev–Trinajstić information content (AvgIpc) is 2.70. The second kappa shape index (κ2) is 10.4. The van der Waals surface area contributed by atoms with Crippen LogP contribution < -0.4 is 14.8 Å². The summed E-state index contributed by atoms with van der Waals surface area (Å²) in [5, 5.41) is 2.28. The third-order valence-electron chi connectivity index (χ3n) is 3.62. The summed E-state index contributed by atoms with van der Waals surface area (Å²) in [5.74, 6) is -0.0722. The van der Waals surface area contributed by atoms with E-state index in [9.17, 15) is 22.8 Å². The molecule has 0 saturated heterocycles. The zero-order valence-electron chi connectivity index (χ0n) is 15.6. The summed E-state index contributed by atoms with van der Waals surface area (Å²) < 4.78 is 53.1. The van der Waals surface area contributed by atoms with E-state index in [1.807, 2.05) is 6.92 Å². The highest BCUT2D eigenvalue weighted by Gasteiger charge is 2.30. The van der Waals surface area contributed by atoms with Crippen LogP contribution in [0.3, 0.4) is 0 Å². The van der Waals surface area contributed by atoms with E-state index in [4.69, 9.17) is 14.2 Å². The van der Waals surface area contributed by atoms with E-state index in [0.29, 0.717) is 12.4 Å². The molecular formula is C20H20F3NO5. The van der Waals surface area contributed by atoms with Crippen LogP contribution in [0.5, 0.6) is 11.5 Å². The molecule has 0 atom stereocenters. The van der Waals surface area contributed by atoms with Gasteiger partial charge in [-0.25, -0.2) is 0 Å². The molecule has 0 fully saturated rings. The molecule has 6 nitrogen and oxygen atoms in total. The molecule has 156 valence electrons. The number of hydrogen-bond donors (Lipinski definition) is 1. The van der Waals surface area contributed by atoms with Gasteiger partial charge in [0.15, 0.2) is 0 Å². The first-order chi connectivity index (χ1) is 13.8. The predicted octanol–water partition coefficient (Wildman–Crippen LogP) is 3.46. The Balaban J connectivity index is 1.67. The lowest BCUT2D eigenvalue weighted by molar-refractivity contribution is -0.143. The molecule has 0 aliphatic carbocycles. The number of amides is 1. The van der Waals surface area contributed by atoms with E-state index in [0.717, 1.165) is 30.0 Å². The van der Waals surface area contributed by atoms with E-state index >= 15 is 0 Å². The van der Waals surface area contributed by atoms with E-state index < -0.39 is 30.2 Å². The van der Waals surface area contributed by atoms with Crippen molar-refractivity contribution in [2.24, 2.45) is 0 Å². The van der Waals surface area contributed by atoms with E-state index in [1.54, 1.807) is 24.3 Å². The molecule has 0 radical (unpaired) electrons. The fourth-order valence-electron chi connectivity index (χ4n) is 2.23. The first kappa shape index (κ1) is 22.1. The number of halogens is 3. The molecule has 0 aliphatic rings. The molecule has 2 aromatic carbocycles. The normalized spacial score (nSPS) is 10.9. The van der Waals surface area contributed by atoms with Crippen LogP contribution in [0.1, 0.15) is 22.8 Å². The molecule has 1 N–H and O–H groups in total. The number of esters is 1. The van der Waals surface area contributed by atoms with Crippen molar-refractivity contribution in [1.82, 2.24) is 5.32 Å². The Kier molecular flexibility index (Phi) is 7.88. The average molecular weight is 411 g/mol. The highest BCUT2D eigenvalue weighted by Crippen LogP contribution is 2.29. The monoisotopic (exact) mass is 411 g/mol. The zero-order chi connectivity index (χ0) is 21.3. The topological polar surface area (TPSA) is 73.9 Å². The molecule has 0 bridgehead atoms. The maximum Gasteiger partial charge on any atom is 0.416 e. The van der Waals surface area contributed by atoms with Gasteiger partial charge >= 0.3 is 12.1 Å². The van der Waals surface area contributed by atoms with Gasteiger partial charge in [0.05, 0.1) is 12.2 Å². The minimum atomic E-state index is -4.48. The first-order valence-electron chi connectivity index (χ1n) is 8.76. The lowest BCUT2D eigenvalue weighted by Gasteiger charge is -2.10. The summed E-state index contributed by atoms with van der Waals surface area (Å²) in [6.45, 7) is 2.12. The van der Waals surface area contributed by atoms with Crippen molar-refractivity contribution in [3.8, 4) is 11.5 Å². The fourth-order valence-corrected chi connectivity index (χ4v) is 2.23. The van der Waals surface area contributed by atoms with Crippen LogP contribution in [-0.2, 0) is 15.7 Å². The van der Waals surface area contributed by atoms with Gasteiger partial charge in [0, 0.05) is 5.56 Å². The van der Waals surface area contributed by atoms with Gasteiger partial charge in [-0.15, -0.1) is 0 Å². The number of ether oxygens (including phenoxy) is 3. The van der Waals surface area contributed by atoms with Gasteiger partial charge in [0.25, 0.3) is 5.91 Å². The molecule has 1 amide bonds. The van der Waals surface area contributed by atoms with Gasteiger partial charge in [-0.2, -0.15) is 13.2 Å². The second-order valence-corrected chi connectivity index (χ2v) is 5.73. The Morgan fingerprint density at radius 2 is 1.48 bits per heavy atom. The molecular weight excluding hydrogens is 391 g/mol. The highest BCUT2D eigenvalue weighted by molar-refractivity contribution is 5.95. The van der Waals surface area contributed by atoms with E-state index in [2.05, 4.69) is 5.32 Å². The Morgan fingerprint density at radius 1 is 0.897 bits per heavy atom. The predicted molar refractivity (Wildman–Crippen MR) is 97.8 cm³/mol. The smallest absolute Gasteiger partial charge is 0.416 e. The molecule has 29 heavy (non-hydrogen) atoms. The van der Waals surface area contributed by atoms with E-state index in [-0.39, 0.29) is 18.8 Å². The quantitative estimate of drug-likeness (QED) is 0.505. The molecule has 0 aliphatic heterocycles. The highest BCUT2D eigenvalue weighted by atomic mass is 19.4. The summed E-state index contributed by atoms with van der Waals surface area (Å²) in [6, 6.07) is 10.6. The van der Waals surface area contributed by atoms with Crippen molar-refractivity contribution < 1.29 is 37.0 Å². The fraction of sp³-hybridized carbons (Fsp3) is 0.300. The van der Waals surface area contributed by atoms with Crippen LogP contribution in [0.4, 0.5) is 13.2 Å². The lowest BCUT2D eigenvalue weighted by Crippen LogP contribution is -2.31. The Bertz CT molecular complexity index is 804. The molecule has 2 aromatic rings. The summed E-state index contributed by atoms with van der Waals surface area (Å²) in [6.07, 6.45) is -4.48. The molecule has 0 aromatic heterocycles. The van der Waals surface area contributed by atoms with Gasteiger partial charge in [-0.3, -0.25) is 9.59 Å². The number of nitrogens with one attached hydrogen (secondary N) is 1.